The van der Waals surface area contributed by atoms with E-state index in [0.29, 0.717) is 10.6 Å². The molecule has 7 heteroatoms. The van der Waals surface area contributed by atoms with Crippen LogP contribution >= 0.6 is 0 Å². The minimum atomic E-state index is -3.59. The van der Waals surface area contributed by atoms with Crippen LogP contribution in [0.3, 0.4) is 0 Å². The molecule has 0 heterocycles. The maximum absolute atomic E-state index is 13.8. The van der Waals surface area contributed by atoms with E-state index >= 15 is 0 Å². The Morgan fingerprint density at radius 3 is 1.88 bits per heavy atom. The van der Waals surface area contributed by atoms with E-state index in [9.17, 15) is 13.2 Å². The highest BCUT2D eigenvalue weighted by molar-refractivity contribution is 7.89. The number of anilines is 1. The van der Waals surface area contributed by atoms with Crippen molar-refractivity contribution in [3.63, 3.8) is 0 Å². The molecule has 184 valence electrons. The van der Waals surface area contributed by atoms with Gasteiger partial charge in [-0.2, -0.15) is 4.31 Å². The van der Waals surface area contributed by atoms with Crippen molar-refractivity contribution in [2.75, 3.05) is 12.4 Å². The minimum absolute atomic E-state index is 0.103. The molecule has 0 spiro atoms. The lowest BCUT2D eigenvalue weighted by atomic mass is 9.91. The molecule has 0 aliphatic heterocycles. The lowest BCUT2D eigenvalue weighted by molar-refractivity contribution is -0.115. The Morgan fingerprint density at radius 1 is 0.853 bits per heavy atom. The Balaban J connectivity index is 1.46. The third kappa shape index (κ3) is 5.99. The van der Waals surface area contributed by atoms with Gasteiger partial charge in [-0.1, -0.05) is 50.7 Å². The standard InChI is InChI=1S/C27H36N2O4S/c1-33-25-16-12-21(13-17-25)20-27(30)28-22-14-18-26(19-15-22)34(31,32)29(23-8-4-2-5-9-23)24-10-6-3-7-11-24/h12-19,23-24H,2-11,20H2,1H3,(H,28,30). The first-order valence-electron chi connectivity index (χ1n) is 12.5. The van der Waals surface area contributed by atoms with Crippen LogP contribution in [-0.4, -0.2) is 37.8 Å². The van der Waals surface area contributed by atoms with E-state index in [4.69, 9.17) is 4.74 Å². The fraction of sp³-hybridized carbons (Fsp3) is 0.519. The van der Waals surface area contributed by atoms with E-state index in [0.717, 1.165) is 62.7 Å². The lowest BCUT2D eigenvalue weighted by Gasteiger charge is -2.40. The molecule has 2 aromatic carbocycles. The number of carbonyl (C=O) groups is 1. The predicted octanol–water partition coefficient (Wildman–Crippen LogP) is 5.53. The molecule has 1 N–H and O–H groups in total. The fourth-order valence-corrected chi connectivity index (χ4v) is 7.26. The molecule has 0 atom stereocenters. The predicted molar refractivity (Wildman–Crippen MR) is 135 cm³/mol. The van der Waals surface area contributed by atoms with Crippen LogP contribution in [-0.2, 0) is 21.2 Å². The lowest BCUT2D eigenvalue weighted by Crippen LogP contribution is -2.48. The van der Waals surface area contributed by atoms with Gasteiger partial charge < -0.3 is 10.1 Å². The summed E-state index contributed by atoms with van der Waals surface area (Å²) in [6, 6.07) is 14.2. The molecule has 0 unspecified atom stereocenters. The van der Waals surface area contributed by atoms with Crippen LogP contribution in [0, 0.1) is 0 Å². The summed E-state index contributed by atoms with van der Waals surface area (Å²) in [5.74, 6) is 0.600. The zero-order valence-electron chi connectivity index (χ0n) is 20.0. The summed E-state index contributed by atoms with van der Waals surface area (Å²) in [5, 5.41) is 2.88. The van der Waals surface area contributed by atoms with Crippen molar-refractivity contribution in [3.8, 4) is 5.75 Å². The number of hydrogen-bond donors (Lipinski definition) is 1. The van der Waals surface area contributed by atoms with Gasteiger partial charge in [0.25, 0.3) is 0 Å². The summed E-state index contributed by atoms with van der Waals surface area (Å²) in [7, 11) is -1.99. The van der Waals surface area contributed by atoms with Gasteiger partial charge in [-0.05, 0) is 67.6 Å². The molecule has 0 aromatic heterocycles. The molecule has 34 heavy (non-hydrogen) atoms. The Labute approximate surface area is 203 Å². The third-order valence-corrected chi connectivity index (χ3v) is 9.13. The number of hydrogen-bond acceptors (Lipinski definition) is 4. The fourth-order valence-electron chi connectivity index (χ4n) is 5.33. The van der Waals surface area contributed by atoms with Crippen molar-refractivity contribution >= 4 is 21.6 Å². The number of amides is 1. The minimum Gasteiger partial charge on any atom is -0.497 e. The van der Waals surface area contributed by atoms with Crippen LogP contribution in [0.1, 0.15) is 69.8 Å². The van der Waals surface area contributed by atoms with Crippen molar-refractivity contribution in [1.82, 2.24) is 4.31 Å². The van der Waals surface area contributed by atoms with E-state index in [-0.39, 0.29) is 24.4 Å². The van der Waals surface area contributed by atoms with E-state index in [2.05, 4.69) is 5.32 Å². The summed E-state index contributed by atoms with van der Waals surface area (Å²) < 4.78 is 34.6. The van der Waals surface area contributed by atoms with Gasteiger partial charge in [0, 0.05) is 17.8 Å². The molecule has 2 aliphatic rings. The molecular formula is C27H36N2O4S. The van der Waals surface area contributed by atoms with Gasteiger partial charge >= 0.3 is 0 Å². The second-order valence-corrected chi connectivity index (χ2v) is 11.4. The SMILES string of the molecule is COc1ccc(CC(=O)Nc2ccc(S(=O)(=O)N(C3CCCCC3)C3CCCCC3)cc2)cc1. The molecule has 0 radical (unpaired) electrons. The van der Waals surface area contributed by atoms with Crippen LogP contribution in [0.4, 0.5) is 5.69 Å². The van der Waals surface area contributed by atoms with E-state index in [1.54, 1.807) is 31.4 Å². The van der Waals surface area contributed by atoms with E-state index in [1.807, 2.05) is 28.6 Å². The summed E-state index contributed by atoms with van der Waals surface area (Å²) in [4.78, 5) is 12.8. The highest BCUT2D eigenvalue weighted by Crippen LogP contribution is 2.35. The van der Waals surface area contributed by atoms with Gasteiger partial charge in [-0.15, -0.1) is 0 Å². The number of rotatable bonds is 8. The normalized spacial score (nSPS) is 18.1. The maximum atomic E-state index is 13.8. The monoisotopic (exact) mass is 484 g/mol. The topological polar surface area (TPSA) is 75.7 Å². The highest BCUT2D eigenvalue weighted by Gasteiger charge is 2.38. The Kier molecular flexibility index (Phi) is 8.27. The second kappa shape index (κ2) is 11.4. The van der Waals surface area contributed by atoms with Gasteiger partial charge in [-0.3, -0.25) is 4.79 Å². The summed E-state index contributed by atoms with van der Waals surface area (Å²) >= 11 is 0. The number of methoxy groups -OCH3 is 1. The molecule has 2 fully saturated rings. The number of nitrogens with zero attached hydrogens (tertiary/aromatic N) is 1. The van der Waals surface area contributed by atoms with Crippen LogP contribution < -0.4 is 10.1 Å². The Bertz CT molecular complexity index is 1020. The summed E-state index contributed by atoms with van der Waals surface area (Å²) in [6.07, 6.45) is 10.8. The van der Waals surface area contributed by atoms with Crippen molar-refractivity contribution < 1.29 is 17.9 Å². The molecular weight excluding hydrogens is 448 g/mol. The Hall–Kier alpha value is -2.38. The van der Waals surface area contributed by atoms with Crippen molar-refractivity contribution in [2.45, 2.75) is 87.6 Å². The number of carbonyl (C=O) groups excluding carboxylic acids is 1. The van der Waals surface area contributed by atoms with Gasteiger partial charge in [0.1, 0.15) is 5.75 Å². The van der Waals surface area contributed by atoms with Gasteiger partial charge in [-0.25, -0.2) is 8.42 Å². The quantitative estimate of drug-likeness (QED) is 0.534. The van der Waals surface area contributed by atoms with Gasteiger partial charge in [0.05, 0.1) is 18.4 Å². The highest BCUT2D eigenvalue weighted by atomic mass is 32.2. The zero-order valence-corrected chi connectivity index (χ0v) is 20.9. The second-order valence-electron chi connectivity index (χ2n) is 9.52. The van der Waals surface area contributed by atoms with Crippen molar-refractivity contribution in [3.05, 3.63) is 54.1 Å². The molecule has 0 bridgehead atoms. The van der Waals surface area contributed by atoms with Crippen molar-refractivity contribution in [2.24, 2.45) is 0 Å². The Morgan fingerprint density at radius 2 is 1.38 bits per heavy atom. The zero-order chi connectivity index (χ0) is 24.0. The van der Waals surface area contributed by atoms with Crippen LogP contribution in [0.25, 0.3) is 0 Å². The summed E-state index contributed by atoms with van der Waals surface area (Å²) in [5.41, 5.74) is 1.48. The molecule has 2 aromatic rings. The first kappa shape index (κ1) is 24.7. The molecule has 1 amide bonds. The van der Waals surface area contributed by atoms with Gasteiger partial charge in [0.15, 0.2) is 0 Å². The van der Waals surface area contributed by atoms with Crippen molar-refractivity contribution in [1.29, 1.82) is 0 Å². The average molecular weight is 485 g/mol. The summed E-state index contributed by atoms with van der Waals surface area (Å²) in [6.45, 7) is 0. The first-order chi connectivity index (χ1) is 16.5. The van der Waals surface area contributed by atoms with E-state index in [1.165, 1.54) is 12.8 Å². The largest absolute Gasteiger partial charge is 0.497 e. The molecule has 2 aliphatic carbocycles. The first-order valence-corrected chi connectivity index (χ1v) is 14.0. The number of nitrogens with one attached hydrogen (secondary N) is 1. The van der Waals surface area contributed by atoms with Crippen LogP contribution in [0.15, 0.2) is 53.4 Å². The maximum Gasteiger partial charge on any atom is 0.243 e. The smallest absolute Gasteiger partial charge is 0.243 e. The molecule has 4 rings (SSSR count). The average Bonchev–Trinajstić information content (AvgIpc) is 2.86. The third-order valence-electron chi connectivity index (χ3n) is 7.11. The van der Waals surface area contributed by atoms with Crippen LogP contribution in [0.5, 0.6) is 5.75 Å². The molecule has 6 nitrogen and oxygen atoms in total. The number of ether oxygens (including phenoxy) is 1. The number of sulfonamides is 1. The molecule has 0 saturated heterocycles. The molecule has 2 saturated carbocycles. The van der Waals surface area contributed by atoms with E-state index < -0.39 is 10.0 Å². The van der Waals surface area contributed by atoms with Crippen LogP contribution in [0.2, 0.25) is 0 Å². The van der Waals surface area contributed by atoms with Gasteiger partial charge in [0.2, 0.25) is 15.9 Å². The number of benzene rings is 2.